The smallest absolute Gasteiger partial charge is 0.241 e. The summed E-state index contributed by atoms with van der Waals surface area (Å²) in [6.45, 7) is 4.71. The first kappa shape index (κ1) is 22.7. The molecular formula is C18H28ClN3O5S. The van der Waals surface area contributed by atoms with E-state index in [0.717, 1.165) is 12.8 Å². The number of ether oxygens (including phenoxy) is 2. The fourth-order valence-corrected chi connectivity index (χ4v) is 4.30. The van der Waals surface area contributed by atoms with Crippen LogP contribution in [0.15, 0.2) is 23.1 Å². The summed E-state index contributed by atoms with van der Waals surface area (Å²) in [4.78, 5) is 12.6. The van der Waals surface area contributed by atoms with Crippen LogP contribution in [0.1, 0.15) is 26.7 Å². The van der Waals surface area contributed by atoms with Crippen LogP contribution in [0.5, 0.6) is 11.5 Å². The summed E-state index contributed by atoms with van der Waals surface area (Å²) in [6.07, 6.45) is 2.17. The predicted octanol–water partition coefficient (Wildman–Crippen LogP) is 1.04. The predicted molar refractivity (Wildman–Crippen MR) is 107 cm³/mol. The number of carbonyl (C=O) groups is 1. The lowest BCUT2D eigenvalue weighted by atomic mass is 10.0. The van der Waals surface area contributed by atoms with Crippen molar-refractivity contribution >= 4 is 28.3 Å². The van der Waals surface area contributed by atoms with Crippen molar-refractivity contribution < 1.29 is 22.7 Å². The van der Waals surface area contributed by atoms with E-state index in [9.17, 15) is 13.2 Å². The molecule has 1 fully saturated rings. The Kier molecular flexibility index (Phi) is 7.55. The van der Waals surface area contributed by atoms with Crippen LogP contribution in [-0.4, -0.2) is 46.2 Å². The third-order valence-corrected chi connectivity index (χ3v) is 6.23. The number of amides is 1. The Morgan fingerprint density at radius 1 is 1.21 bits per heavy atom. The van der Waals surface area contributed by atoms with Crippen molar-refractivity contribution in [2.75, 3.05) is 19.8 Å². The molecule has 1 aromatic rings. The first-order valence-corrected chi connectivity index (χ1v) is 10.7. The Morgan fingerprint density at radius 3 is 2.46 bits per heavy atom. The maximum atomic E-state index is 12.8. The molecule has 0 aromatic heterocycles. The first-order valence-electron chi connectivity index (χ1n) is 9.23. The fourth-order valence-electron chi connectivity index (χ4n) is 2.94. The molecule has 3 rings (SSSR count). The van der Waals surface area contributed by atoms with Crippen LogP contribution in [0.25, 0.3) is 0 Å². The molecule has 1 aliphatic carbocycles. The average molecular weight is 434 g/mol. The van der Waals surface area contributed by atoms with Gasteiger partial charge in [0.15, 0.2) is 11.5 Å². The lowest BCUT2D eigenvalue weighted by Crippen LogP contribution is -2.51. The molecule has 10 heteroatoms. The molecule has 4 N–H and O–H groups in total. The summed E-state index contributed by atoms with van der Waals surface area (Å²) in [7, 11) is -3.90. The number of sulfonamides is 1. The number of nitrogens with one attached hydrogen (secondary N) is 2. The second-order valence-corrected chi connectivity index (χ2v) is 9.11. The van der Waals surface area contributed by atoms with E-state index < -0.39 is 16.1 Å². The minimum Gasteiger partial charge on any atom is -0.486 e. The van der Waals surface area contributed by atoms with E-state index in [1.165, 1.54) is 12.1 Å². The van der Waals surface area contributed by atoms with Crippen LogP contribution in [0, 0.1) is 11.8 Å². The zero-order chi connectivity index (χ0) is 19.6. The average Bonchev–Trinajstić information content (AvgIpc) is 3.48. The molecule has 1 heterocycles. The largest absolute Gasteiger partial charge is 0.486 e. The van der Waals surface area contributed by atoms with E-state index >= 15 is 0 Å². The van der Waals surface area contributed by atoms with Gasteiger partial charge in [0.1, 0.15) is 19.3 Å². The van der Waals surface area contributed by atoms with Gasteiger partial charge in [-0.15, -0.1) is 12.4 Å². The minimum absolute atomic E-state index is 0. The molecule has 158 valence electrons. The van der Waals surface area contributed by atoms with Crippen molar-refractivity contribution in [3.05, 3.63) is 18.2 Å². The molecule has 2 aliphatic rings. The molecule has 2 atom stereocenters. The van der Waals surface area contributed by atoms with Crippen LogP contribution >= 0.6 is 12.4 Å². The monoisotopic (exact) mass is 433 g/mol. The normalized spacial score (nSPS) is 18.1. The summed E-state index contributed by atoms with van der Waals surface area (Å²) in [6, 6.07) is 3.43. The van der Waals surface area contributed by atoms with Gasteiger partial charge < -0.3 is 20.5 Å². The van der Waals surface area contributed by atoms with E-state index in [1.54, 1.807) is 19.9 Å². The lowest BCUT2D eigenvalue weighted by molar-refractivity contribution is -0.123. The van der Waals surface area contributed by atoms with Crippen molar-refractivity contribution in [3.63, 3.8) is 0 Å². The van der Waals surface area contributed by atoms with Crippen LogP contribution in [0.3, 0.4) is 0 Å². The van der Waals surface area contributed by atoms with Gasteiger partial charge in [0.2, 0.25) is 15.9 Å². The highest BCUT2D eigenvalue weighted by Gasteiger charge is 2.32. The van der Waals surface area contributed by atoms with E-state index in [2.05, 4.69) is 10.0 Å². The molecule has 2 unspecified atom stereocenters. The van der Waals surface area contributed by atoms with Crippen molar-refractivity contribution in [1.29, 1.82) is 0 Å². The number of halogens is 1. The number of hydrogen-bond donors (Lipinski definition) is 3. The van der Waals surface area contributed by atoms with Crippen molar-refractivity contribution in [2.45, 2.75) is 43.7 Å². The number of rotatable bonds is 8. The molecule has 28 heavy (non-hydrogen) atoms. The number of fused-ring (bicyclic) bond motifs is 1. The van der Waals surface area contributed by atoms with Crippen LogP contribution in [-0.2, 0) is 14.8 Å². The number of hydrogen-bond acceptors (Lipinski definition) is 6. The van der Waals surface area contributed by atoms with Crippen LogP contribution < -0.4 is 25.2 Å². The highest BCUT2D eigenvalue weighted by Crippen LogP contribution is 2.32. The number of carbonyl (C=O) groups excluding carboxylic acids is 1. The molecule has 0 saturated heterocycles. The molecule has 8 nitrogen and oxygen atoms in total. The molecule has 0 spiro atoms. The first-order chi connectivity index (χ1) is 12.8. The Labute approximate surface area is 172 Å². The van der Waals surface area contributed by atoms with E-state index in [-0.39, 0.29) is 35.2 Å². The van der Waals surface area contributed by atoms with Gasteiger partial charge in [0, 0.05) is 18.7 Å². The Morgan fingerprint density at radius 2 is 1.86 bits per heavy atom. The highest BCUT2D eigenvalue weighted by molar-refractivity contribution is 7.89. The maximum Gasteiger partial charge on any atom is 0.241 e. The fraction of sp³-hybridized carbons (Fsp3) is 0.611. The van der Waals surface area contributed by atoms with Crippen molar-refractivity contribution in [3.8, 4) is 11.5 Å². The summed E-state index contributed by atoms with van der Waals surface area (Å²) in [5, 5.41) is 2.77. The van der Waals surface area contributed by atoms with E-state index in [1.807, 2.05) is 0 Å². The van der Waals surface area contributed by atoms with Crippen molar-refractivity contribution in [1.82, 2.24) is 10.0 Å². The Hall–Kier alpha value is -1.55. The zero-order valence-corrected chi connectivity index (χ0v) is 17.6. The molecule has 0 radical (unpaired) electrons. The molecular weight excluding hydrogens is 406 g/mol. The Balaban J connectivity index is 0.00000280. The third-order valence-electron chi connectivity index (χ3n) is 4.79. The Bertz CT molecular complexity index is 798. The standard InChI is InChI=1S/C18H27N3O5S.ClH/c1-11(2)17(18(22)20-10-14(19)12-3-4-12)21-27(23,24)13-5-6-15-16(9-13)26-8-7-25-15;/h5-6,9,11-12,14,17,21H,3-4,7-8,10,19H2,1-2H3,(H,20,22);1H. The van der Waals surface area contributed by atoms with Crippen molar-refractivity contribution in [2.24, 2.45) is 17.6 Å². The topological polar surface area (TPSA) is 120 Å². The molecule has 1 amide bonds. The lowest BCUT2D eigenvalue weighted by Gasteiger charge is -2.23. The quantitative estimate of drug-likeness (QED) is 0.563. The summed E-state index contributed by atoms with van der Waals surface area (Å²) >= 11 is 0. The SMILES string of the molecule is CC(C)C(NS(=O)(=O)c1ccc2c(c1)OCCO2)C(=O)NCC(N)C1CC1.Cl. The number of benzene rings is 1. The van der Waals surface area contributed by atoms with Crippen LogP contribution in [0.2, 0.25) is 0 Å². The van der Waals surface area contributed by atoms with E-state index in [4.69, 9.17) is 15.2 Å². The van der Waals surface area contributed by atoms with Gasteiger partial charge in [-0.2, -0.15) is 4.72 Å². The number of nitrogens with two attached hydrogens (primary N) is 1. The molecule has 0 bridgehead atoms. The van der Waals surface area contributed by atoms with Gasteiger partial charge in [-0.3, -0.25) is 4.79 Å². The highest BCUT2D eigenvalue weighted by atomic mass is 35.5. The summed E-state index contributed by atoms with van der Waals surface area (Å²) in [5.74, 6) is 0.742. The van der Waals surface area contributed by atoms with E-state index in [0.29, 0.717) is 37.2 Å². The second kappa shape index (κ2) is 9.30. The van der Waals surface area contributed by atoms with Gasteiger partial charge in [-0.25, -0.2) is 8.42 Å². The summed E-state index contributed by atoms with van der Waals surface area (Å²) in [5.41, 5.74) is 6.01. The molecule has 1 aliphatic heterocycles. The molecule has 1 aromatic carbocycles. The van der Waals surface area contributed by atoms with Gasteiger partial charge in [0.05, 0.1) is 4.90 Å². The van der Waals surface area contributed by atoms with Gasteiger partial charge >= 0.3 is 0 Å². The maximum absolute atomic E-state index is 12.8. The third kappa shape index (κ3) is 5.50. The second-order valence-electron chi connectivity index (χ2n) is 7.39. The summed E-state index contributed by atoms with van der Waals surface area (Å²) < 4.78 is 38.9. The van der Waals surface area contributed by atoms with Crippen LogP contribution in [0.4, 0.5) is 0 Å². The molecule has 1 saturated carbocycles. The van der Waals surface area contributed by atoms with Gasteiger partial charge in [-0.1, -0.05) is 13.8 Å². The minimum atomic E-state index is -3.90. The van der Waals surface area contributed by atoms with Gasteiger partial charge in [0.25, 0.3) is 0 Å². The van der Waals surface area contributed by atoms with Gasteiger partial charge in [-0.05, 0) is 36.8 Å². The zero-order valence-electron chi connectivity index (χ0n) is 16.0.